The standard InChI is InChI=1S/C24H16N2O7/c27-21(14-6-2-1-3-7-14)20(25-23(29)15-10-12-16(13-11-15)26(31)32)19-22(28)17-8-4-5-9-18(17)33-24(19)30/h1-13,20,28H,(H,25,29). The Morgan fingerprint density at radius 2 is 1.55 bits per heavy atom. The molecule has 1 aromatic heterocycles. The molecule has 0 saturated carbocycles. The van der Waals surface area contributed by atoms with E-state index >= 15 is 0 Å². The van der Waals surface area contributed by atoms with Gasteiger partial charge in [0, 0.05) is 23.3 Å². The van der Waals surface area contributed by atoms with Gasteiger partial charge in [-0.3, -0.25) is 19.7 Å². The van der Waals surface area contributed by atoms with Crippen LogP contribution in [-0.4, -0.2) is 21.7 Å². The number of rotatable bonds is 6. The number of nitrogens with zero attached hydrogens (tertiary/aromatic N) is 1. The molecule has 0 spiro atoms. The molecule has 4 aromatic rings. The third kappa shape index (κ3) is 4.19. The van der Waals surface area contributed by atoms with Crippen LogP contribution in [0, 0.1) is 10.1 Å². The summed E-state index contributed by atoms with van der Waals surface area (Å²) in [5.74, 6) is -1.91. The fourth-order valence-electron chi connectivity index (χ4n) is 3.39. The SMILES string of the molecule is O=C(NC(C(=O)c1ccccc1)c1c(O)c2ccccc2oc1=O)c1ccc([N+](=O)[O-])cc1. The van der Waals surface area contributed by atoms with Crippen LogP contribution in [0.25, 0.3) is 11.0 Å². The van der Waals surface area contributed by atoms with Gasteiger partial charge < -0.3 is 14.8 Å². The zero-order valence-electron chi connectivity index (χ0n) is 16.9. The Morgan fingerprint density at radius 1 is 0.909 bits per heavy atom. The number of ketones is 1. The first-order valence-electron chi connectivity index (χ1n) is 9.76. The molecule has 0 bridgehead atoms. The molecule has 1 unspecified atom stereocenters. The van der Waals surface area contributed by atoms with Gasteiger partial charge in [-0.25, -0.2) is 4.79 Å². The van der Waals surface area contributed by atoms with E-state index in [0.717, 1.165) is 12.1 Å². The van der Waals surface area contributed by atoms with Crippen molar-refractivity contribution in [3.05, 3.63) is 116 Å². The second-order valence-electron chi connectivity index (χ2n) is 7.09. The Morgan fingerprint density at radius 3 is 2.21 bits per heavy atom. The number of para-hydroxylation sites is 1. The smallest absolute Gasteiger partial charge is 0.345 e. The Labute approximate surface area is 186 Å². The van der Waals surface area contributed by atoms with Crippen LogP contribution < -0.4 is 10.9 Å². The Balaban J connectivity index is 1.80. The summed E-state index contributed by atoms with van der Waals surface area (Å²) in [5.41, 5.74) is -1.27. The minimum Gasteiger partial charge on any atom is -0.507 e. The third-order valence-electron chi connectivity index (χ3n) is 5.04. The number of Topliss-reactive ketones (excluding diaryl/α,β-unsaturated/α-hetero) is 1. The maximum atomic E-state index is 13.3. The van der Waals surface area contributed by atoms with E-state index in [2.05, 4.69) is 5.32 Å². The lowest BCUT2D eigenvalue weighted by atomic mass is 9.96. The van der Waals surface area contributed by atoms with E-state index in [1.54, 1.807) is 30.3 Å². The summed E-state index contributed by atoms with van der Waals surface area (Å²) in [6.45, 7) is 0. The molecule has 9 heteroatoms. The first kappa shape index (κ1) is 21.4. The van der Waals surface area contributed by atoms with E-state index in [9.17, 15) is 29.6 Å². The normalized spacial score (nSPS) is 11.6. The fraction of sp³-hybridized carbons (Fsp3) is 0.0417. The second kappa shape index (κ2) is 8.75. The van der Waals surface area contributed by atoms with Gasteiger partial charge in [0.2, 0.25) is 0 Å². The summed E-state index contributed by atoms with van der Waals surface area (Å²) in [4.78, 5) is 49.2. The highest BCUT2D eigenvalue weighted by Gasteiger charge is 2.31. The molecule has 1 heterocycles. The van der Waals surface area contributed by atoms with Gasteiger partial charge in [0.05, 0.1) is 10.3 Å². The average molecular weight is 444 g/mol. The van der Waals surface area contributed by atoms with Crippen molar-refractivity contribution in [1.29, 1.82) is 0 Å². The largest absolute Gasteiger partial charge is 0.507 e. The summed E-state index contributed by atoms with van der Waals surface area (Å²) in [6, 6.07) is 17.3. The maximum Gasteiger partial charge on any atom is 0.345 e. The number of amides is 1. The van der Waals surface area contributed by atoms with Crippen LogP contribution in [0.1, 0.15) is 32.3 Å². The Kier molecular flexibility index (Phi) is 5.69. The van der Waals surface area contributed by atoms with E-state index in [1.165, 1.54) is 36.4 Å². The van der Waals surface area contributed by atoms with Crippen LogP contribution in [0.5, 0.6) is 5.75 Å². The third-order valence-corrected chi connectivity index (χ3v) is 5.04. The van der Waals surface area contributed by atoms with Crippen molar-refractivity contribution in [2.45, 2.75) is 6.04 Å². The van der Waals surface area contributed by atoms with E-state index < -0.39 is 39.6 Å². The highest BCUT2D eigenvalue weighted by atomic mass is 16.6. The molecule has 0 aliphatic rings. The number of nitro groups is 1. The molecule has 0 fully saturated rings. The number of nitrogens with one attached hydrogen (secondary N) is 1. The molecular formula is C24H16N2O7. The summed E-state index contributed by atoms with van der Waals surface area (Å²) < 4.78 is 5.28. The van der Waals surface area contributed by atoms with E-state index in [-0.39, 0.29) is 27.8 Å². The van der Waals surface area contributed by atoms with E-state index in [1.807, 2.05) is 0 Å². The number of carbonyl (C=O) groups is 2. The lowest BCUT2D eigenvalue weighted by molar-refractivity contribution is -0.384. The highest BCUT2D eigenvalue weighted by molar-refractivity contribution is 6.05. The fourth-order valence-corrected chi connectivity index (χ4v) is 3.39. The lowest BCUT2D eigenvalue weighted by Gasteiger charge is -2.19. The minimum atomic E-state index is -1.57. The van der Waals surface area contributed by atoms with Crippen molar-refractivity contribution in [2.75, 3.05) is 0 Å². The van der Waals surface area contributed by atoms with Crippen molar-refractivity contribution < 1.29 is 24.0 Å². The molecule has 0 saturated heterocycles. The number of benzene rings is 3. The van der Waals surface area contributed by atoms with Crippen LogP contribution in [0.15, 0.2) is 88.1 Å². The van der Waals surface area contributed by atoms with Crippen molar-refractivity contribution in [3.8, 4) is 5.75 Å². The summed E-state index contributed by atoms with van der Waals surface area (Å²) in [5, 5.41) is 24.4. The van der Waals surface area contributed by atoms with Gasteiger partial charge in [0.25, 0.3) is 11.6 Å². The van der Waals surface area contributed by atoms with Gasteiger partial charge in [-0.05, 0) is 24.3 Å². The Hall–Kier alpha value is -4.79. The van der Waals surface area contributed by atoms with Gasteiger partial charge in [-0.15, -0.1) is 0 Å². The number of fused-ring (bicyclic) bond motifs is 1. The average Bonchev–Trinajstić information content (AvgIpc) is 2.83. The van der Waals surface area contributed by atoms with E-state index in [0.29, 0.717) is 0 Å². The van der Waals surface area contributed by atoms with Gasteiger partial charge in [-0.2, -0.15) is 0 Å². The van der Waals surface area contributed by atoms with E-state index in [4.69, 9.17) is 4.42 Å². The van der Waals surface area contributed by atoms with Crippen LogP contribution in [0.4, 0.5) is 5.69 Å². The zero-order valence-corrected chi connectivity index (χ0v) is 16.9. The summed E-state index contributed by atoms with van der Waals surface area (Å²) in [6.07, 6.45) is 0. The number of hydrogen-bond acceptors (Lipinski definition) is 7. The maximum absolute atomic E-state index is 13.3. The molecule has 0 aliphatic heterocycles. The monoisotopic (exact) mass is 444 g/mol. The number of aromatic hydroxyl groups is 1. The van der Waals surface area contributed by atoms with Gasteiger partial charge in [-0.1, -0.05) is 42.5 Å². The van der Waals surface area contributed by atoms with Crippen LogP contribution in [0.2, 0.25) is 0 Å². The number of nitro benzene ring substituents is 1. The van der Waals surface area contributed by atoms with Crippen molar-refractivity contribution in [2.24, 2.45) is 0 Å². The van der Waals surface area contributed by atoms with Crippen molar-refractivity contribution >= 4 is 28.3 Å². The van der Waals surface area contributed by atoms with Crippen LogP contribution >= 0.6 is 0 Å². The Bertz CT molecular complexity index is 1430. The molecule has 2 N–H and O–H groups in total. The van der Waals surface area contributed by atoms with Gasteiger partial charge >= 0.3 is 5.63 Å². The molecule has 0 aliphatic carbocycles. The first-order valence-corrected chi connectivity index (χ1v) is 9.76. The van der Waals surface area contributed by atoms with Crippen LogP contribution in [0.3, 0.4) is 0 Å². The molecule has 164 valence electrons. The highest BCUT2D eigenvalue weighted by Crippen LogP contribution is 2.31. The molecule has 4 rings (SSSR count). The molecule has 0 radical (unpaired) electrons. The zero-order chi connectivity index (χ0) is 23.5. The van der Waals surface area contributed by atoms with Crippen LogP contribution in [-0.2, 0) is 0 Å². The van der Waals surface area contributed by atoms with Crippen molar-refractivity contribution in [1.82, 2.24) is 5.32 Å². The number of non-ortho nitro benzene ring substituents is 1. The van der Waals surface area contributed by atoms with Crippen molar-refractivity contribution in [3.63, 3.8) is 0 Å². The first-order chi connectivity index (χ1) is 15.9. The molecule has 1 amide bonds. The predicted molar refractivity (Wildman–Crippen MR) is 118 cm³/mol. The molecular weight excluding hydrogens is 428 g/mol. The van der Waals surface area contributed by atoms with Gasteiger partial charge in [0.15, 0.2) is 5.78 Å². The predicted octanol–water partition coefficient (Wildman–Crippen LogP) is 3.76. The molecule has 9 nitrogen and oxygen atoms in total. The topological polar surface area (TPSA) is 140 Å². The second-order valence-corrected chi connectivity index (χ2v) is 7.09. The number of carbonyl (C=O) groups excluding carboxylic acids is 2. The summed E-state index contributed by atoms with van der Waals surface area (Å²) >= 11 is 0. The lowest BCUT2D eigenvalue weighted by Crippen LogP contribution is -2.36. The molecule has 33 heavy (non-hydrogen) atoms. The van der Waals surface area contributed by atoms with Gasteiger partial charge in [0.1, 0.15) is 22.9 Å². The number of hydrogen-bond donors (Lipinski definition) is 2. The summed E-state index contributed by atoms with van der Waals surface area (Å²) in [7, 11) is 0. The molecule has 1 atom stereocenters. The minimum absolute atomic E-state index is 0.0242. The quantitative estimate of drug-likeness (QED) is 0.200. The molecule has 3 aromatic carbocycles.